The van der Waals surface area contributed by atoms with Crippen molar-refractivity contribution in [2.75, 3.05) is 13.1 Å². The number of nitrogens with two attached hydrogens (primary N) is 1. The molecule has 0 bridgehead atoms. The molecule has 0 saturated carbocycles. The van der Waals surface area contributed by atoms with Gasteiger partial charge in [0.05, 0.1) is 11.3 Å². The fourth-order valence-electron chi connectivity index (χ4n) is 2.48. The van der Waals surface area contributed by atoms with E-state index in [1.54, 1.807) is 10.9 Å². The first-order chi connectivity index (χ1) is 8.13. The Hall–Kier alpha value is -1.36. The third kappa shape index (κ3) is 2.34. The van der Waals surface area contributed by atoms with Crippen molar-refractivity contribution >= 4 is 5.91 Å². The topological polar surface area (TPSA) is 64.2 Å². The molecular formula is C12H20N4O. The minimum atomic E-state index is 0.0748. The van der Waals surface area contributed by atoms with Gasteiger partial charge in [-0.2, -0.15) is 5.10 Å². The number of likely N-dealkylation sites (tertiary alicyclic amines) is 1. The summed E-state index contributed by atoms with van der Waals surface area (Å²) in [6.45, 7) is 3.23. The maximum absolute atomic E-state index is 12.4. The number of aromatic nitrogens is 2. The lowest BCUT2D eigenvalue weighted by Gasteiger charge is -2.34. The van der Waals surface area contributed by atoms with Crippen molar-refractivity contribution in [2.45, 2.75) is 32.2 Å². The second-order valence-electron chi connectivity index (χ2n) is 4.69. The molecule has 2 heterocycles. The summed E-state index contributed by atoms with van der Waals surface area (Å²) in [5, 5.41) is 4.22. The number of rotatable bonds is 2. The highest BCUT2D eigenvalue weighted by atomic mass is 16.2. The van der Waals surface area contributed by atoms with Gasteiger partial charge in [-0.15, -0.1) is 0 Å². The predicted molar refractivity (Wildman–Crippen MR) is 65.7 cm³/mol. The molecule has 94 valence electrons. The molecule has 2 rings (SSSR count). The largest absolute Gasteiger partial charge is 0.334 e. The maximum Gasteiger partial charge on any atom is 0.257 e. The average molecular weight is 236 g/mol. The van der Waals surface area contributed by atoms with E-state index < -0.39 is 0 Å². The second-order valence-corrected chi connectivity index (χ2v) is 4.69. The number of carbonyl (C=O) groups is 1. The third-order valence-electron chi connectivity index (χ3n) is 3.40. The van der Waals surface area contributed by atoms with Gasteiger partial charge in [0.15, 0.2) is 0 Å². The zero-order chi connectivity index (χ0) is 12.4. The molecule has 1 amide bonds. The van der Waals surface area contributed by atoms with Crippen LogP contribution in [0.25, 0.3) is 0 Å². The Labute approximate surface area is 102 Å². The molecule has 0 aromatic carbocycles. The number of piperidine rings is 1. The van der Waals surface area contributed by atoms with Gasteiger partial charge >= 0.3 is 0 Å². The molecule has 0 spiro atoms. The van der Waals surface area contributed by atoms with Crippen molar-refractivity contribution in [1.82, 2.24) is 14.7 Å². The van der Waals surface area contributed by atoms with E-state index in [1.807, 2.05) is 18.9 Å². The molecule has 0 aliphatic carbocycles. The average Bonchev–Trinajstić information content (AvgIpc) is 2.67. The molecule has 1 aromatic heterocycles. The molecule has 0 radical (unpaired) electrons. The summed E-state index contributed by atoms with van der Waals surface area (Å²) < 4.78 is 1.68. The minimum Gasteiger partial charge on any atom is -0.334 e. The highest BCUT2D eigenvalue weighted by Gasteiger charge is 2.28. The van der Waals surface area contributed by atoms with Gasteiger partial charge in [0, 0.05) is 32.4 Å². The fourth-order valence-corrected chi connectivity index (χ4v) is 2.48. The van der Waals surface area contributed by atoms with E-state index in [4.69, 9.17) is 5.73 Å². The van der Waals surface area contributed by atoms with Crippen LogP contribution in [0, 0.1) is 6.92 Å². The van der Waals surface area contributed by atoms with Crippen molar-refractivity contribution in [2.24, 2.45) is 12.8 Å². The van der Waals surface area contributed by atoms with Crippen LogP contribution in [0.3, 0.4) is 0 Å². The number of hydrogen-bond donors (Lipinski definition) is 1. The zero-order valence-corrected chi connectivity index (χ0v) is 10.5. The van der Waals surface area contributed by atoms with Gasteiger partial charge in [-0.25, -0.2) is 0 Å². The monoisotopic (exact) mass is 236 g/mol. The van der Waals surface area contributed by atoms with Crippen LogP contribution in [0.1, 0.15) is 35.3 Å². The summed E-state index contributed by atoms with van der Waals surface area (Å²) >= 11 is 0. The normalized spacial score (nSPS) is 20.6. The van der Waals surface area contributed by atoms with Crippen LogP contribution >= 0.6 is 0 Å². The molecule has 17 heavy (non-hydrogen) atoms. The standard InChI is InChI=1S/C12H20N4O/c1-9-11(8-15(2)14-9)12(17)16-6-4-3-5-10(16)7-13/h8,10H,3-7,13H2,1-2H3. The molecule has 1 aliphatic heterocycles. The predicted octanol–water partition coefficient (Wildman–Crippen LogP) is 0.682. The van der Waals surface area contributed by atoms with Gasteiger partial charge in [0.25, 0.3) is 5.91 Å². The Bertz CT molecular complexity index is 413. The van der Waals surface area contributed by atoms with Crippen LogP contribution in [-0.2, 0) is 7.05 Å². The van der Waals surface area contributed by atoms with E-state index >= 15 is 0 Å². The van der Waals surface area contributed by atoms with Crippen molar-refractivity contribution in [3.8, 4) is 0 Å². The lowest BCUT2D eigenvalue weighted by molar-refractivity contribution is 0.0622. The highest BCUT2D eigenvalue weighted by molar-refractivity contribution is 5.95. The van der Waals surface area contributed by atoms with E-state index in [-0.39, 0.29) is 11.9 Å². The van der Waals surface area contributed by atoms with Gasteiger partial charge in [0.1, 0.15) is 0 Å². The number of carbonyl (C=O) groups excluding carboxylic acids is 1. The lowest BCUT2D eigenvalue weighted by atomic mass is 10.0. The summed E-state index contributed by atoms with van der Waals surface area (Å²) in [6.07, 6.45) is 5.04. The zero-order valence-electron chi connectivity index (χ0n) is 10.5. The second kappa shape index (κ2) is 4.87. The number of amides is 1. The fraction of sp³-hybridized carbons (Fsp3) is 0.667. The van der Waals surface area contributed by atoms with Crippen LogP contribution in [0.4, 0.5) is 0 Å². The molecule has 1 aliphatic rings. The van der Waals surface area contributed by atoms with Crippen molar-refractivity contribution in [1.29, 1.82) is 0 Å². The molecule has 1 saturated heterocycles. The van der Waals surface area contributed by atoms with Crippen LogP contribution < -0.4 is 5.73 Å². The number of aryl methyl sites for hydroxylation is 2. The van der Waals surface area contributed by atoms with Gasteiger partial charge in [0.2, 0.25) is 0 Å². The molecule has 5 nitrogen and oxygen atoms in total. The molecule has 5 heteroatoms. The van der Waals surface area contributed by atoms with Crippen LogP contribution in [0.5, 0.6) is 0 Å². The number of hydrogen-bond acceptors (Lipinski definition) is 3. The van der Waals surface area contributed by atoms with Crippen LogP contribution in [0.2, 0.25) is 0 Å². The molecule has 1 atom stereocenters. The first-order valence-corrected chi connectivity index (χ1v) is 6.14. The summed E-state index contributed by atoms with van der Waals surface area (Å²) in [5.41, 5.74) is 7.23. The van der Waals surface area contributed by atoms with E-state index in [0.29, 0.717) is 12.1 Å². The Morgan fingerprint density at radius 2 is 2.35 bits per heavy atom. The minimum absolute atomic E-state index is 0.0748. The van der Waals surface area contributed by atoms with Gasteiger partial charge in [-0.05, 0) is 26.2 Å². The van der Waals surface area contributed by atoms with Crippen LogP contribution in [-0.4, -0.2) is 39.7 Å². The molecular weight excluding hydrogens is 216 g/mol. The summed E-state index contributed by atoms with van der Waals surface area (Å²) in [6, 6.07) is 0.191. The summed E-state index contributed by atoms with van der Waals surface area (Å²) in [7, 11) is 1.83. The first-order valence-electron chi connectivity index (χ1n) is 6.14. The van der Waals surface area contributed by atoms with Gasteiger partial charge in [-0.1, -0.05) is 0 Å². The van der Waals surface area contributed by atoms with E-state index in [9.17, 15) is 4.79 Å². The quantitative estimate of drug-likeness (QED) is 0.821. The SMILES string of the molecule is Cc1nn(C)cc1C(=O)N1CCCCC1CN. The molecule has 1 fully saturated rings. The molecule has 1 unspecified atom stereocenters. The highest BCUT2D eigenvalue weighted by Crippen LogP contribution is 2.19. The first kappa shape index (κ1) is 12.1. The molecule has 2 N–H and O–H groups in total. The number of nitrogens with zero attached hydrogens (tertiary/aromatic N) is 3. The van der Waals surface area contributed by atoms with Crippen molar-refractivity contribution in [3.63, 3.8) is 0 Å². The van der Waals surface area contributed by atoms with E-state index in [1.165, 1.54) is 0 Å². The van der Waals surface area contributed by atoms with E-state index in [2.05, 4.69) is 5.10 Å². The lowest BCUT2D eigenvalue weighted by Crippen LogP contribution is -2.47. The Balaban J connectivity index is 2.21. The Morgan fingerprint density at radius 3 is 2.94 bits per heavy atom. The summed E-state index contributed by atoms with van der Waals surface area (Å²) in [5.74, 6) is 0.0748. The maximum atomic E-state index is 12.4. The van der Waals surface area contributed by atoms with E-state index in [0.717, 1.165) is 31.5 Å². The third-order valence-corrected chi connectivity index (χ3v) is 3.40. The Morgan fingerprint density at radius 1 is 1.59 bits per heavy atom. The molecule has 1 aromatic rings. The van der Waals surface area contributed by atoms with Crippen LogP contribution in [0.15, 0.2) is 6.20 Å². The smallest absolute Gasteiger partial charge is 0.257 e. The van der Waals surface area contributed by atoms with Gasteiger partial charge in [-0.3, -0.25) is 9.48 Å². The van der Waals surface area contributed by atoms with Crippen molar-refractivity contribution < 1.29 is 4.79 Å². The van der Waals surface area contributed by atoms with Crippen molar-refractivity contribution in [3.05, 3.63) is 17.5 Å². The van der Waals surface area contributed by atoms with Gasteiger partial charge < -0.3 is 10.6 Å². The summed E-state index contributed by atoms with van der Waals surface area (Å²) in [4.78, 5) is 14.3. The Kier molecular flexibility index (Phi) is 3.47.